The number of benzene rings is 1. The van der Waals surface area contributed by atoms with Crippen molar-refractivity contribution < 1.29 is 9.53 Å². The van der Waals surface area contributed by atoms with Crippen molar-refractivity contribution in [1.82, 2.24) is 9.78 Å². The lowest BCUT2D eigenvalue weighted by Gasteiger charge is -2.09. The van der Waals surface area contributed by atoms with E-state index in [-0.39, 0.29) is 11.9 Å². The van der Waals surface area contributed by atoms with E-state index in [4.69, 9.17) is 4.74 Å². The molecule has 0 N–H and O–H groups in total. The molecule has 2 aromatic rings. The molecule has 0 spiro atoms. The molecular weight excluding hydrogens is 240 g/mol. The summed E-state index contributed by atoms with van der Waals surface area (Å²) >= 11 is 0. The van der Waals surface area contributed by atoms with Crippen LogP contribution in [0.2, 0.25) is 0 Å². The van der Waals surface area contributed by atoms with Crippen molar-refractivity contribution in [3.63, 3.8) is 0 Å². The molecule has 4 nitrogen and oxygen atoms in total. The molecule has 1 aromatic heterocycles. The molecule has 0 radical (unpaired) electrons. The molecule has 1 aromatic carbocycles. The average molecular weight is 260 g/mol. The van der Waals surface area contributed by atoms with Crippen LogP contribution in [0, 0.1) is 0 Å². The summed E-state index contributed by atoms with van der Waals surface area (Å²) in [5.41, 5.74) is 1.92. The number of nitrogens with zero attached hydrogens (tertiary/aromatic N) is 2. The van der Waals surface area contributed by atoms with Crippen LogP contribution in [0.4, 0.5) is 0 Å². The van der Waals surface area contributed by atoms with Crippen molar-refractivity contribution in [3.05, 3.63) is 30.0 Å². The van der Waals surface area contributed by atoms with Gasteiger partial charge in [0, 0.05) is 18.5 Å². The highest BCUT2D eigenvalue weighted by molar-refractivity contribution is 5.90. The number of para-hydroxylation sites is 1. The number of ketones is 1. The summed E-state index contributed by atoms with van der Waals surface area (Å²) in [5.74, 6) is 0.0772. The molecule has 1 atom stereocenters. The molecular formula is C15H20N2O2. The highest BCUT2D eigenvalue weighted by atomic mass is 16.5. The van der Waals surface area contributed by atoms with Gasteiger partial charge in [-0.3, -0.25) is 9.48 Å². The second-order valence-corrected chi connectivity index (χ2v) is 4.52. The molecule has 102 valence electrons. The maximum absolute atomic E-state index is 12.1. The lowest BCUT2D eigenvalue weighted by atomic mass is 10.1. The Morgan fingerprint density at radius 2 is 2.11 bits per heavy atom. The number of ether oxygens (including phenoxy) is 1. The van der Waals surface area contributed by atoms with Crippen LogP contribution >= 0.6 is 0 Å². The maximum Gasteiger partial charge on any atom is 0.167 e. The van der Waals surface area contributed by atoms with Crippen LogP contribution in [-0.2, 0) is 22.5 Å². The summed E-state index contributed by atoms with van der Waals surface area (Å²) in [6.45, 7) is 7.09. The molecule has 1 unspecified atom stereocenters. The van der Waals surface area contributed by atoms with Gasteiger partial charge in [0.25, 0.3) is 0 Å². The van der Waals surface area contributed by atoms with Gasteiger partial charge in [-0.15, -0.1) is 0 Å². The highest BCUT2D eigenvalue weighted by Crippen LogP contribution is 2.19. The zero-order chi connectivity index (χ0) is 13.8. The smallest absolute Gasteiger partial charge is 0.167 e. The Labute approximate surface area is 113 Å². The summed E-state index contributed by atoms with van der Waals surface area (Å²) in [5, 5.41) is 5.59. The normalized spacial score (nSPS) is 12.8. The first kappa shape index (κ1) is 13.7. The molecule has 0 aliphatic rings. The zero-order valence-electron chi connectivity index (χ0n) is 11.7. The standard InChI is InChI=1S/C15H20N2O2/c1-4-17-14-9-7-6-8-12(14)13(16-17)10-15(18)11(3)19-5-2/h6-9,11H,4-5,10H2,1-3H3. The molecule has 0 amide bonds. The molecule has 0 aliphatic heterocycles. The van der Waals surface area contributed by atoms with E-state index in [0.717, 1.165) is 23.1 Å². The van der Waals surface area contributed by atoms with E-state index in [2.05, 4.69) is 5.10 Å². The highest BCUT2D eigenvalue weighted by Gasteiger charge is 2.17. The number of hydrogen-bond donors (Lipinski definition) is 0. The minimum atomic E-state index is -0.365. The Morgan fingerprint density at radius 1 is 1.37 bits per heavy atom. The van der Waals surface area contributed by atoms with Gasteiger partial charge in [-0.25, -0.2) is 0 Å². The third kappa shape index (κ3) is 2.84. The first-order valence-corrected chi connectivity index (χ1v) is 6.76. The molecule has 19 heavy (non-hydrogen) atoms. The Kier molecular flexibility index (Phi) is 4.32. The van der Waals surface area contributed by atoms with Gasteiger partial charge in [0.1, 0.15) is 6.10 Å². The van der Waals surface area contributed by atoms with E-state index in [1.807, 2.05) is 42.8 Å². The summed E-state index contributed by atoms with van der Waals surface area (Å²) in [6, 6.07) is 8.02. The third-order valence-corrected chi connectivity index (χ3v) is 3.25. The monoisotopic (exact) mass is 260 g/mol. The molecule has 4 heteroatoms. The molecule has 0 saturated heterocycles. The first-order chi connectivity index (χ1) is 9.17. The van der Waals surface area contributed by atoms with Gasteiger partial charge in [0.05, 0.1) is 17.6 Å². The zero-order valence-corrected chi connectivity index (χ0v) is 11.7. The predicted octanol–water partition coefficient (Wildman–Crippen LogP) is 2.59. The van der Waals surface area contributed by atoms with Gasteiger partial charge in [0.15, 0.2) is 5.78 Å². The molecule has 1 heterocycles. The van der Waals surface area contributed by atoms with Gasteiger partial charge in [-0.05, 0) is 26.8 Å². The van der Waals surface area contributed by atoms with Crippen molar-refractivity contribution in [2.75, 3.05) is 6.61 Å². The molecule has 2 rings (SSSR count). The number of carbonyl (C=O) groups is 1. The largest absolute Gasteiger partial charge is 0.371 e. The van der Waals surface area contributed by atoms with Crippen LogP contribution in [0.15, 0.2) is 24.3 Å². The van der Waals surface area contributed by atoms with Crippen molar-refractivity contribution in [1.29, 1.82) is 0 Å². The second kappa shape index (κ2) is 5.97. The minimum absolute atomic E-state index is 0.0772. The average Bonchev–Trinajstić information content (AvgIpc) is 2.77. The topological polar surface area (TPSA) is 44.1 Å². The number of aromatic nitrogens is 2. The lowest BCUT2D eigenvalue weighted by Crippen LogP contribution is -2.22. The third-order valence-electron chi connectivity index (χ3n) is 3.25. The van der Waals surface area contributed by atoms with Gasteiger partial charge in [-0.1, -0.05) is 18.2 Å². The number of carbonyl (C=O) groups excluding carboxylic acids is 1. The lowest BCUT2D eigenvalue weighted by molar-refractivity contribution is -0.128. The van der Waals surface area contributed by atoms with Crippen LogP contribution < -0.4 is 0 Å². The van der Waals surface area contributed by atoms with Crippen molar-refractivity contribution >= 4 is 16.7 Å². The molecule has 0 bridgehead atoms. The maximum atomic E-state index is 12.1. The Hall–Kier alpha value is -1.68. The van der Waals surface area contributed by atoms with Gasteiger partial charge >= 0.3 is 0 Å². The second-order valence-electron chi connectivity index (χ2n) is 4.52. The van der Waals surface area contributed by atoms with Crippen LogP contribution in [0.25, 0.3) is 10.9 Å². The molecule has 0 fully saturated rings. The van der Waals surface area contributed by atoms with E-state index >= 15 is 0 Å². The summed E-state index contributed by atoms with van der Waals surface area (Å²) in [4.78, 5) is 12.1. The van der Waals surface area contributed by atoms with E-state index in [1.54, 1.807) is 6.92 Å². The van der Waals surface area contributed by atoms with Crippen molar-refractivity contribution in [3.8, 4) is 0 Å². The number of Topliss-reactive ketones (excluding diaryl/α,β-unsaturated/α-hetero) is 1. The Balaban J connectivity index is 2.28. The number of aryl methyl sites for hydroxylation is 1. The van der Waals surface area contributed by atoms with E-state index in [9.17, 15) is 4.79 Å². The van der Waals surface area contributed by atoms with E-state index in [0.29, 0.717) is 13.0 Å². The first-order valence-electron chi connectivity index (χ1n) is 6.76. The minimum Gasteiger partial charge on any atom is -0.371 e. The van der Waals surface area contributed by atoms with Crippen molar-refractivity contribution in [2.24, 2.45) is 0 Å². The fraction of sp³-hybridized carbons (Fsp3) is 0.467. The number of fused-ring (bicyclic) bond motifs is 1. The van der Waals surface area contributed by atoms with Crippen LogP contribution in [0.1, 0.15) is 26.5 Å². The quantitative estimate of drug-likeness (QED) is 0.802. The Bertz CT molecular complexity index is 575. The predicted molar refractivity (Wildman–Crippen MR) is 75.2 cm³/mol. The fourth-order valence-corrected chi connectivity index (χ4v) is 2.22. The van der Waals surface area contributed by atoms with Gasteiger partial charge in [0.2, 0.25) is 0 Å². The van der Waals surface area contributed by atoms with Crippen LogP contribution in [-0.4, -0.2) is 28.3 Å². The number of rotatable bonds is 6. The molecule has 0 saturated carbocycles. The fourth-order valence-electron chi connectivity index (χ4n) is 2.22. The van der Waals surface area contributed by atoms with Crippen LogP contribution in [0.3, 0.4) is 0 Å². The summed E-state index contributed by atoms with van der Waals surface area (Å²) in [7, 11) is 0. The van der Waals surface area contributed by atoms with E-state index in [1.165, 1.54) is 0 Å². The van der Waals surface area contributed by atoms with Crippen LogP contribution in [0.5, 0.6) is 0 Å². The van der Waals surface area contributed by atoms with Crippen molar-refractivity contribution in [2.45, 2.75) is 39.8 Å². The van der Waals surface area contributed by atoms with Gasteiger partial charge < -0.3 is 4.74 Å². The summed E-state index contributed by atoms with van der Waals surface area (Å²) < 4.78 is 7.27. The SMILES string of the molecule is CCOC(C)C(=O)Cc1nn(CC)c2ccccc12. The van der Waals surface area contributed by atoms with E-state index < -0.39 is 0 Å². The summed E-state index contributed by atoms with van der Waals surface area (Å²) in [6.07, 6.45) is -0.0372. The Morgan fingerprint density at radius 3 is 2.79 bits per heavy atom. The van der Waals surface area contributed by atoms with Gasteiger partial charge in [-0.2, -0.15) is 5.10 Å². The molecule has 0 aliphatic carbocycles. The number of hydrogen-bond acceptors (Lipinski definition) is 3.